The van der Waals surface area contributed by atoms with Crippen LogP contribution >= 0.6 is 11.6 Å². The van der Waals surface area contributed by atoms with E-state index >= 15 is 0 Å². The van der Waals surface area contributed by atoms with Crippen molar-refractivity contribution in [3.8, 4) is 0 Å². The van der Waals surface area contributed by atoms with Crippen molar-refractivity contribution in [1.82, 2.24) is 0 Å². The Balaban J connectivity index is 1.96. The molecule has 0 bridgehead atoms. The van der Waals surface area contributed by atoms with Crippen LogP contribution < -0.4 is 4.90 Å². The number of halogens is 1. The SMILES string of the molecule is O[C@H]1CCC[NH+](Cc2cccc(Cl)c2)C1. The highest BCUT2D eigenvalue weighted by atomic mass is 35.5. The van der Waals surface area contributed by atoms with E-state index in [0.717, 1.165) is 37.5 Å². The number of aliphatic hydroxyl groups excluding tert-OH is 1. The zero-order valence-corrected chi connectivity index (χ0v) is 9.50. The van der Waals surface area contributed by atoms with E-state index in [4.69, 9.17) is 11.6 Å². The van der Waals surface area contributed by atoms with Gasteiger partial charge >= 0.3 is 0 Å². The Morgan fingerprint density at radius 1 is 1.47 bits per heavy atom. The van der Waals surface area contributed by atoms with Gasteiger partial charge in [-0.3, -0.25) is 0 Å². The highest BCUT2D eigenvalue weighted by molar-refractivity contribution is 6.30. The Morgan fingerprint density at radius 3 is 3.07 bits per heavy atom. The van der Waals surface area contributed by atoms with Crippen LogP contribution in [0.3, 0.4) is 0 Å². The lowest BCUT2D eigenvalue weighted by Gasteiger charge is -2.27. The molecule has 2 N–H and O–H groups in total. The Labute approximate surface area is 95.5 Å². The Morgan fingerprint density at radius 2 is 2.33 bits per heavy atom. The van der Waals surface area contributed by atoms with Crippen LogP contribution in [-0.2, 0) is 6.54 Å². The first-order valence-electron chi connectivity index (χ1n) is 5.50. The molecule has 0 spiro atoms. The third-order valence-electron chi connectivity index (χ3n) is 2.94. The first-order chi connectivity index (χ1) is 7.24. The van der Waals surface area contributed by atoms with Gasteiger partial charge in [-0.05, 0) is 25.0 Å². The van der Waals surface area contributed by atoms with Gasteiger partial charge in [-0.25, -0.2) is 0 Å². The normalized spacial score (nSPS) is 26.5. The van der Waals surface area contributed by atoms with Gasteiger partial charge in [0.25, 0.3) is 0 Å². The average Bonchev–Trinajstić information content (AvgIpc) is 2.17. The number of aliphatic hydroxyl groups is 1. The lowest BCUT2D eigenvalue weighted by Crippen LogP contribution is -3.12. The van der Waals surface area contributed by atoms with Gasteiger partial charge in [0.1, 0.15) is 19.2 Å². The van der Waals surface area contributed by atoms with E-state index in [9.17, 15) is 5.11 Å². The number of nitrogens with one attached hydrogen (secondary N) is 1. The minimum Gasteiger partial charge on any atom is -0.387 e. The van der Waals surface area contributed by atoms with Gasteiger partial charge in [-0.1, -0.05) is 23.7 Å². The van der Waals surface area contributed by atoms with Crippen LogP contribution in [0, 0.1) is 0 Å². The van der Waals surface area contributed by atoms with E-state index < -0.39 is 0 Å². The summed E-state index contributed by atoms with van der Waals surface area (Å²) in [5.41, 5.74) is 1.26. The summed E-state index contributed by atoms with van der Waals surface area (Å²) in [5.74, 6) is 0. The number of benzene rings is 1. The zero-order valence-electron chi connectivity index (χ0n) is 8.75. The summed E-state index contributed by atoms with van der Waals surface area (Å²) in [4.78, 5) is 1.45. The molecule has 2 atom stereocenters. The van der Waals surface area contributed by atoms with Gasteiger partial charge < -0.3 is 10.0 Å². The van der Waals surface area contributed by atoms with Crippen LogP contribution in [-0.4, -0.2) is 24.3 Å². The number of rotatable bonds is 2. The predicted molar refractivity (Wildman–Crippen MR) is 61.1 cm³/mol. The third-order valence-corrected chi connectivity index (χ3v) is 3.17. The van der Waals surface area contributed by atoms with Crippen LogP contribution in [0.2, 0.25) is 5.02 Å². The molecule has 0 aliphatic carbocycles. The van der Waals surface area contributed by atoms with Crippen molar-refractivity contribution < 1.29 is 10.0 Å². The van der Waals surface area contributed by atoms with E-state index in [1.165, 1.54) is 10.5 Å². The number of piperidine rings is 1. The van der Waals surface area contributed by atoms with Gasteiger partial charge in [0.15, 0.2) is 0 Å². The fraction of sp³-hybridized carbons (Fsp3) is 0.500. The van der Waals surface area contributed by atoms with Crippen LogP contribution in [0.25, 0.3) is 0 Å². The molecule has 1 unspecified atom stereocenters. The summed E-state index contributed by atoms with van der Waals surface area (Å²) < 4.78 is 0. The average molecular weight is 227 g/mol. The van der Waals surface area contributed by atoms with Crippen molar-refractivity contribution in [3.05, 3.63) is 34.9 Å². The monoisotopic (exact) mass is 226 g/mol. The minimum atomic E-state index is -0.118. The maximum absolute atomic E-state index is 9.57. The maximum atomic E-state index is 9.57. The molecule has 0 amide bonds. The van der Waals surface area contributed by atoms with E-state index in [1.54, 1.807) is 0 Å². The van der Waals surface area contributed by atoms with Crippen LogP contribution in [0.5, 0.6) is 0 Å². The molecule has 1 saturated heterocycles. The summed E-state index contributed by atoms with van der Waals surface area (Å²) in [6.45, 7) is 2.99. The van der Waals surface area contributed by atoms with E-state index in [0.29, 0.717) is 0 Å². The molecule has 82 valence electrons. The predicted octanol–water partition coefficient (Wildman–Crippen LogP) is 0.880. The Kier molecular flexibility index (Phi) is 3.62. The molecular weight excluding hydrogens is 210 g/mol. The molecule has 0 radical (unpaired) electrons. The quantitative estimate of drug-likeness (QED) is 0.769. The van der Waals surface area contributed by atoms with Crippen LogP contribution in [0.4, 0.5) is 0 Å². The molecule has 1 aliphatic rings. The largest absolute Gasteiger partial charge is 0.387 e. The number of hydrogen-bond donors (Lipinski definition) is 2. The van der Waals surface area contributed by atoms with Crippen LogP contribution in [0.15, 0.2) is 24.3 Å². The van der Waals surface area contributed by atoms with Gasteiger partial charge in [0.2, 0.25) is 0 Å². The molecule has 1 fully saturated rings. The van der Waals surface area contributed by atoms with Gasteiger partial charge in [-0.2, -0.15) is 0 Å². The molecule has 0 saturated carbocycles. The van der Waals surface area contributed by atoms with Crippen molar-refractivity contribution in [3.63, 3.8) is 0 Å². The highest BCUT2D eigenvalue weighted by Gasteiger charge is 2.20. The van der Waals surface area contributed by atoms with E-state index in [-0.39, 0.29) is 6.10 Å². The minimum absolute atomic E-state index is 0.118. The maximum Gasteiger partial charge on any atom is 0.104 e. The molecule has 1 heterocycles. The molecule has 2 nitrogen and oxygen atoms in total. The van der Waals surface area contributed by atoms with Crippen molar-refractivity contribution >= 4 is 11.6 Å². The lowest BCUT2D eigenvalue weighted by atomic mass is 10.1. The standard InChI is InChI=1S/C12H16ClNO/c13-11-4-1-3-10(7-11)8-14-6-2-5-12(15)9-14/h1,3-4,7,12,15H,2,5-6,8-9H2/p+1/t12-/m0/s1. The first-order valence-corrected chi connectivity index (χ1v) is 5.88. The van der Waals surface area contributed by atoms with Crippen LogP contribution in [0.1, 0.15) is 18.4 Å². The molecule has 0 aromatic heterocycles. The molecule has 3 heteroatoms. The third kappa shape index (κ3) is 3.20. The van der Waals surface area contributed by atoms with Crippen molar-refractivity contribution in [2.45, 2.75) is 25.5 Å². The second-order valence-electron chi connectivity index (χ2n) is 4.31. The molecular formula is C12H17ClNO+. The Hall–Kier alpha value is -0.570. The number of hydrogen-bond acceptors (Lipinski definition) is 1. The highest BCUT2D eigenvalue weighted by Crippen LogP contribution is 2.09. The molecule has 1 aliphatic heterocycles. The van der Waals surface area contributed by atoms with Gasteiger partial charge in [0, 0.05) is 10.6 Å². The number of likely N-dealkylation sites (tertiary alicyclic amines) is 1. The Bertz CT molecular complexity index is 329. The summed E-state index contributed by atoms with van der Waals surface area (Å²) >= 11 is 5.93. The zero-order chi connectivity index (χ0) is 10.7. The molecule has 1 aromatic rings. The molecule has 15 heavy (non-hydrogen) atoms. The molecule has 1 aromatic carbocycles. The summed E-state index contributed by atoms with van der Waals surface area (Å²) in [5, 5.41) is 10.4. The topological polar surface area (TPSA) is 24.7 Å². The van der Waals surface area contributed by atoms with Gasteiger partial charge in [-0.15, -0.1) is 0 Å². The summed E-state index contributed by atoms with van der Waals surface area (Å²) in [6.07, 6.45) is 1.96. The number of quaternary nitrogens is 1. The second-order valence-corrected chi connectivity index (χ2v) is 4.74. The van der Waals surface area contributed by atoms with E-state index in [2.05, 4.69) is 6.07 Å². The fourth-order valence-corrected chi connectivity index (χ4v) is 2.43. The van der Waals surface area contributed by atoms with Crippen molar-refractivity contribution in [2.24, 2.45) is 0 Å². The van der Waals surface area contributed by atoms with Crippen molar-refractivity contribution in [1.29, 1.82) is 0 Å². The van der Waals surface area contributed by atoms with Gasteiger partial charge in [0.05, 0.1) is 6.54 Å². The fourth-order valence-electron chi connectivity index (χ4n) is 2.22. The lowest BCUT2D eigenvalue weighted by molar-refractivity contribution is -0.921. The summed E-state index contributed by atoms with van der Waals surface area (Å²) in [6, 6.07) is 7.98. The smallest absolute Gasteiger partial charge is 0.104 e. The van der Waals surface area contributed by atoms with E-state index in [1.807, 2.05) is 18.2 Å². The first kappa shape index (κ1) is 10.9. The second kappa shape index (κ2) is 4.97. The van der Waals surface area contributed by atoms with Crippen molar-refractivity contribution in [2.75, 3.05) is 13.1 Å². The summed E-state index contributed by atoms with van der Waals surface area (Å²) in [7, 11) is 0. The molecule has 2 rings (SSSR count).